The molecule has 4 nitrogen and oxygen atoms in total. The number of ether oxygens (including phenoxy) is 2. The van der Waals surface area contributed by atoms with Gasteiger partial charge < -0.3 is 14.4 Å². The van der Waals surface area contributed by atoms with Gasteiger partial charge in [0, 0.05) is 35.2 Å². The third-order valence-corrected chi connectivity index (χ3v) is 5.86. The van der Waals surface area contributed by atoms with E-state index in [1.165, 1.54) is 6.07 Å². The number of amides is 1. The summed E-state index contributed by atoms with van der Waals surface area (Å²) in [7, 11) is 0. The van der Waals surface area contributed by atoms with Crippen LogP contribution in [0.25, 0.3) is 0 Å². The van der Waals surface area contributed by atoms with Crippen LogP contribution in [-0.2, 0) is 0 Å². The summed E-state index contributed by atoms with van der Waals surface area (Å²) < 4.78 is 38.1. The van der Waals surface area contributed by atoms with Crippen LogP contribution >= 0.6 is 11.8 Å². The van der Waals surface area contributed by atoms with Crippen molar-refractivity contribution in [2.75, 3.05) is 25.6 Å². The van der Waals surface area contributed by atoms with Gasteiger partial charge >= 0.3 is 0 Å². The zero-order valence-corrected chi connectivity index (χ0v) is 14.7. The van der Waals surface area contributed by atoms with Gasteiger partial charge in [-0.05, 0) is 42.8 Å². The Bertz CT molecular complexity index is 846. The third kappa shape index (κ3) is 3.35. The molecule has 0 saturated carbocycles. The molecule has 0 bridgehead atoms. The normalized spacial score (nSPS) is 19.3. The van der Waals surface area contributed by atoms with E-state index in [1.807, 2.05) is 0 Å². The molecule has 2 aliphatic rings. The van der Waals surface area contributed by atoms with Crippen molar-refractivity contribution in [3.63, 3.8) is 0 Å². The molecule has 0 unspecified atom stereocenters. The lowest BCUT2D eigenvalue weighted by atomic mass is 10.1. The fourth-order valence-corrected chi connectivity index (χ4v) is 4.44. The average molecular weight is 377 g/mol. The Morgan fingerprint density at radius 2 is 1.92 bits per heavy atom. The minimum absolute atomic E-state index is 0.0933. The second kappa shape index (κ2) is 7.15. The fourth-order valence-electron chi connectivity index (χ4n) is 3.20. The van der Waals surface area contributed by atoms with Gasteiger partial charge in [-0.3, -0.25) is 4.79 Å². The molecule has 7 heteroatoms. The van der Waals surface area contributed by atoms with Crippen LogP contribution < -0.4 is 9.47 Å². The smallest absolute Gasteiger partial charge is 0.254 e. The Morgan fingerprint density at radius 1 is 1.08 bits per heavy atom. The summed E-state index contributed by atoms with van der Waals surface area (Å²) in [6, 6.07) is 8.67. The number of thioether (sulfide) groups is 1. The molecular weight excluding hydrogens is 360 g/mol. The molecule has 1 amide bonds. The lowest BCUT2D eigenvalue weighted by molar-refractivity contribution is 0.0766. The van der Waals surface area contributed by atoms with E-state index >= 15 is 0 Å². The van der Waals surface area contributed by atoms with E-state index in [0.29, 0.717) is 47.9 Å². The molecule has 2 aromatic carbocycles. The molecule has 1 fully saturated rings. The summed E-state index contributed by atoms with van der Waals surface area (Å²) >= 11 is 1.55. The molecule has 4 rings (SSSR count). The summed E-state index contributed by atoms with van der Waals surface area (Å²) in [5.41, 5.74) is 0.905. The highest BCUT2D eigenvalue weighted by Crippen LogP contribution is 2.37. The minimum atomic E-state index is -0.445. The molecule has 1 atom stereocenters. The van der Waals surface area contributed by atoms with E-state index in [9.17, 15) is 13.6 Å². The Kier molecular flexibility index (Phi) is 4.72. The molecule has 1 saturated heterocycles. The first-order chi connectivity index (χ1) is 12.6. The first-order valence-electron chi connectivity index (χ1n) is 8.37. The molecule has 2 heterocycles. The number of fused-ring (bicyclic) bond motifs is 1. The summed E-state index contributed by atoms with van der Waals surface area (Å²) in [6.07, 6.45) is 0.571. The van der Waals surface area contributed by atoms with Gasteiger partial charge in [0.05, 0.1) is 0 Å². The van der Waals surface area contributed by atoms with Gasteiger partial charge in [0.25, 0.3) is 5.91 Å². The van der Waals surface area contributed by atoms with Crippen LogP contribution in [0.15, 0.2) is 36.4 Å². The first-order valence-corrected chi connectivity index (χ1v) is 9.42. The van der Waals surface area contributed by atoms with E-state index in [1.54, 1.807) is 34.9 Å². The lowest BCUT2D eigenvalue weighted by Crippen LogP contribution is -2.32. The second-order valence-corrected chi connectivity index (χ2v) is 7.48. The largest absolute Gasteiger partial charge is 0.454 e. The summed E-state index contributed by atoms with van der Waals surface area (Å²) in [6.45, 7) is 1.21. The number of nitrogens with zero attached hydrogens (tertiary/aromatic N) is 1. The molecule has 0 aromatic heterocycles. The number of hydrogen-bond donors (Lipinski definition) is 0. The van der Waals surface area contributed by atoms with E-state index in [0.717, 1.165) is 12.1 Å². The number of halogens is 2. The lowest BCUT2D eigenvalue weighted by Gasteiger charge is -2.20. The third-order valence-electron chi connectivity index (χ3n) is 4.55. The van der Waals surface area contributed by atoms with Crippen LogP contribution in [0.3, 0.4) is 0 Å². The highest BCUT2D eigenvalue weighted by Gasteiger charge is 2.26. The van der Waals surface area contributed by atoms with Gasteiger partial charge in [-0.1, -0.05) is 0 Å². The first kappa shape index (κ1) is 17.1. The van der Waals surface area contributed by atoms with Crippen LogP contribution in [0.5, 0.6) is 11.5 Å². The summed E-state index contributed by atoms with van der Waals surface area (Å²) in [5, 5.41) is -0.166. The standard InChI is InChI=1S/C19H17F2NO3S/c20-13-2-3-15(21)14(10-13)18-5-6-22(7-8-26-18)19(23)12-1-4-16-17(9-12)25-11-24-16/h1-4,9-10,18H,5-8,11H2/t18-/m0/s1. The van der Waals surface area contributed by atoms with E-state index < -0.39 is 11.6 Å². The number of rotatable bonds is 2. The van der Waals surface area contributed by atoms with Gasteiger partial charge in [-0.25, -0.2) is 8.78 Å². The van der Waals surface area contributed by atoms with Crippen molar-refractivity contribution in [1.29, 1.82) is 0 Å². The predicted molar refractivity (Wildman–Crippen MR) is 94.6 cm³/mol. The van der Waals surface area contributed by atoms with Crippen molar-refractivity contribution in [1.82, 2.24) is 4.90 Å². The fraction of sp³-hybridized carbons (Fsp3) is 0.316. The van der Waals surface area contributed by atoms with Crippen molar-refractivity contribution in [2.45, 2.75) is 11.7 Å². The number of carbonyl (C=O) groups is 1. The van der Waals surface area contributed by atoms with Crippen LogP contribution in [0.2, 0.25) is 0 Å². The molecule has 2 aliphatic heterocycles. The van der Waals surface area contributed by atoms with Crippen LogP contribution in [-0.4, -0.2) is 36.4 Å². The van der Waals surface area contributed by atoms with Gasteiger partial charge in [-0.2, -0.15) is 11.8 Å². The number of carbonyl (C=O) groups excluding carboxylic acids is 1. The minimum Gasteiger partial charge on any atom is -0.454 e. The van der Waals surface area contributed by atoms with Crippen LogP contribution in [0, 0.1) is 11.6 Å². The molecule has 2 aromatic rings. The molecule has 136 valence electrons. The Balaban J connectivity index is 1.48. The predicted octanol–water partition coefficient (Wildman–Crippen LogP) is 4.01. The van der Waals surface area contributed by atoms with Crippen molar-refractivity contribution in [3.8, 4) is 11.5 Å². The SMILES string of the molecule is O=C(c1ccc2c(c1)OCO2)N1CCS[C@H](c2cc(F)ccc2F)CC1. The quantitative estimate of drug-likeness (QED) is 0.793. The average Bonchev–Trinajstić information content (AvgIpc) is 2.98. The Hall–Kier alpha value is -2.28. The molecule has 26 heavy (non-hydrogen) atoms. The molecule has 0 spiro atoms. The van der Waals surface area contributed by atoms with Crippen molar-refractivity contribution in [2.24, 2.45) is 0 Å². The Labute approximate surface area is 154 Å². The van der Waals surface area contributed by atoms with Crippen LogP contribution in [0.4, 0.5) is 8.78 Å². The molecule has 0 N–H and O–H groups in total. The zero-order valence-electron chi connectivity index (χ0n) is 13.9. The molecule has 0 aliphatic carbocycles. The van der Waals surface area contributed by atoms with Crippen LogP contribution in [0.1, 0.15) is 27.6 Å². The summed E-state index contributed by atoms with van der Waals surface area (Å²) in [4.78, 5) is 14.6. The maximum atomic E-state index is 14.0. The van der Waals surface area contributed by atoms with Gasteiger partial charge in [-0.15, -0.1) is 0 Å². The van der Waals surface area contributed by atoms with Gasteiger partial charge in [0.2, 0.25) is 6.79 Å². The molecule has 0 radical (unpaired) electrons. The van der Waals surface area contributed by atoms with Crippen molar-refractivity contribution in [3.05, 3.63) is 59.2 Å². The van der Waals surface area contributed by atoms with E-state index in [4.69, 9.17) is 9.47 Å². The Morgan fingerprint density at radius 3 is 2.81 bits per heavy atom. The topological polar surface area (TPSA) is 38.8 Å². The summed E-state index contributed by atoms with van der Waals surface area (Å²) in [5.74, 6) is 0.925. The maximum Gasteiger partial charge on any atom is 0.254 e. The number of benzene rings is 2. The molecular formula is C19H17F2NO3S. The zero-order chi connectivity index (χ0) is 18.1. The van der Waals surface area contributed by atoms with Crippen molar-refractivity contribution >= 4 is 17.7 Å². The van der Waals surface area contributed by atoms with E-state index in [2.05, 4.69) is 0 Å². The number of hydrogen-bond acceptors (Lipinski definition) is 4. The second-order valence-electron chi connectivity index (χ2n) is 6.17. The maximum absolute atomic E-state index is 14.0. The van der Waals surface area contributed by atoms with Crippen molar-refractivity contribution < 1.29 is 23.0 Å². The highest BCUT2D eigenvalue weighted by molar-refractivity contribution is 7.99. The van der Waals surface area contributed by atoms with Gasteiger partial charge in [0.1, 0.15) is 11.6 Å². The van der Waals surface area contributed by atoms with Gasteiger partial charge in [0.15, 0.2) is 11.5 Å². The monoisotopic (exact) mass is 377 g/mol. The van der Waals surface area contributed by atoms with E-state index in [-0.39, 0.29) is 18.0 Å². The highest BCUT2D eigenvalue weighted by atomic mass is 32.2.